The summed E-state index contributed by atoms with van der Waals surface area (Å²) in [6.45, 7) is 6.60. The van der Waals surface area contributed by atoms with Gasteiger partial charge in [-0.3, -0.25) is 9.36 Å². The Labute approximate surface area is 144 Å². The molecule has 2 heterocycles. The van der Waals surface area contributed by atoms with Crippen LogP contribution in [-0.2, 0) is 16.1 Å². The number of amides is 1. The number of nitrogens with zero attached hydrogens (tertiary/aromatic N) is 3. The Bertz CT molecular complexity index is 671. The molecule has 0 aromatic carbocycles. The number of ether oxygens (including phenoxy) is 1. The second kappa shape index (κ2) is 7.85. The van der Waals surface area contributed by atoms with Crippen molar-refractivity contribution in [2.24, 2.45) is 5.92 Å². The van der Waals surface area contributed by atoms with Crippen LogP contribution in [0.1, 0.15) is 33.6 Å². The molecule has 1 aliphatic rings. The summed E-state index contributed by atoms with van der Waals surface area (Å²) in [6, 6.07) is 2.14. The van der Waals surface area contributed by atoms with E-state index in [1.54, 1.807) is 6.92 Å². The van der Waals surface area contributed by atoms with Gasteiger partial charge in [-0.25, -0.2) is 9.89 Å². The van der Waals surface area contributed by atoms with E-state index in [0.29, 0.717) is 18.3 Å². The molecule has 0 bridgehead atoms. The zero-order chi connectivity index (χ0) is 17.7. The summed E-state index contributed by atoms with van der Waals surface area (Å²) in [7, 11) is 0. The molecule has 1 aromatic rings. The number of aromatic nitrogens is 3. The van der Waals surface area contributed by atoms with Gasteiger partial charge in [0.2, 0.25) is 5.91 Å². The van der Waals surface area contributed by atoms with Gasteiger partial charge in [0, 0.05) is 6.61 Å². The second-order valence-electron chi connectivity index (χ2n) is 6.36. The van der Waals surface area contributed by atoms with Gasteiger partial charge in [-0.15, -0.1) is 5.10 Å². The zero-order valence-corrected chi connectivity index (χ0v) is 15.0. The Hall–Kier alpha value is -1.79. The fourth-order valence-electron chi connectivity index (χ4n) is 2.32. The quantitative estimate of drug-likeness (QED) is 0.704. The lowest BCUT2D eigenvalue weighted by atomic mass is 9.90. The average Bonchev–Trinajstić information content (AvgIpc) is 3.17. The average molecular weight is 353 g/mol. The van der Waals surface area contributed by atoms with Crippen LogP contribution >= 0.6 is 11.8 Å². The summed E-state index contributed by atoms with van der Waals surface area (Å²) in [4.78, 5) is 24.0. The van der Waals surface area contributed by atoms with Crippen molar-refractivity contribution in [1.29, 1.82) is 5.26 Å². The van der Waals surface area contributed by atoms with E-state index in [-0.39, 0.29) is 29.4 Å². The van der Waals surface area contributed by atoms with E-state index in [1.165, 1.54) is 16.3 Å². The predicted molar refractivity (Wildman–Crippen MR) is 89.5 cm³/mol. The molecule has 0 radical (unpaired) electrons. The van der Waals surface area contributed by atoms with Crippen LogP contribution in [0.5, 0.6) is 0 Å². The van der Waals surface area contributed by atoms with Crippen molar-refractivity contribution in [3.8, 4) is 6.07 Å². The smallest absolute Gasteiger partial charge is 0.344 e. The van der Waals surface area contributed by atoms with E-state index in [9.17, 15) is 14.9 Å². The lowest BCUT2D eigenvalue weighted by Crippen LogP contribution is -2.49. The number of rotatable bonds is 7. The molecule has 0 spiro atoms. The van der Waals surface area contributed by atoms with E-state index < -0.39 is 5.54 Å². The maximum absolute atomic E-state index is 12.1. The van der Waals surface area contributed by atoms with Gasteiger partial charge in [-0.05, 0) is 25.7 Å². The molecular weight excluding hydrogens is 330 g/mol. The van der Waals surface area contributed by atoms with Crippen molar-refractivity contribution in [2.45, 2.75) is 57.0 Å². The number of carbonyl (C=O) groups excluding carboxylic acids is 1. The molecule has 0 aliphatic carbocycles. The van der Waals surface area contributed by atoms with Crippen molar-refractivity contribution in [3.05, 3.63) is 10.5 Å². The van der Waals surface area contributed by atoms with Gasteiger partial charge in [0.05, 0.1) is 24.5 Å². The maximum atomic E-state index is 12.1. The molecule has 1 saturated heterocycles. The highest BCUT2D eigenvalue weighted by atomic mass is 32.2. The van der Waals surface area contributed by atoms with E-state index in [4.69, 9.17) is 4.74 Å². The van der Waals surface area contributed by atoms with Crippen LogP contribution in [0.15, 0.2) is 9.95 Å². The SMILES string of the molecule is CC(C)[C@@](C)(C#N)NC(=O)CSc1n[nH]c(=O)n1C[C@H]1CCCO1. The fraction of sp³-hybridized carbons (Fsp3) is 0.733. The van der Waals surface area contributed by atoms with Gasteiger partial charge in [0.15, 0.2) is 5.16 Å². The first-order valence-corrected chi connectivity index (χ1v) is 8.96. The van der Waals surface area contributed by atoms with Crippen LogP contribution in [0.4, 0.5) is 0 Å². The summed E-state index contributed by atoms with van der Waals surface area (Å²) in [5, 5.41) is 18.8. The van der Waals surface area contributed by atoms with Gasteiger partial charge >= 0.3 is 5.69 Å². The highest BCUT2D eigenvalue weighted by Crippen LogP contribution is 2.19. The lowest BCUT2D eigenvalue weighted by Gasteiger charge is -2.27. The largest absolute Gasteiger partial charge is 0.376 e. The van der Waals surface area contributed by atoms with Crippen molar-refractivity contribution in [2.75, 3.05) is 12.4 Å². The summed E-state index contributed by atoms with van der Waals surface area (Å²) in [6.07, 6.45) is 1.91. The van der Waals surface area contributed by atoms with Gasteiger partial charge in [0.1, 0.15) is 5.54 Å². The number of nitriles is 1. The number of aromatic amines is 1. The number of H-pyrrole nitrogens is 1. The molecule has 0 unspecified atom stereocenters. The molecular formula is C15H23N5O3S. The Balaban J connectivity index is 1.96. The van der Waals surface area contributed by atoms with Gasteiger partial charge in [0.25, 0.3) is 0 Å². The van der Waals surface area contributed by atoms with Gasteiger partial charge < -0.3 is 10.1 Å². The van der Waals surface area contributed by atoms with E-state index in [1.807, 2.05) is 13.8 Å². The fourth-order valence-corrected chi connectivity index (χ4v) is 3.08. The minimum atomic E-state index is -0.916. The number of thioether (sulfide) groups is 1. The van der Waals surface area contributed by atoms with E-state index >= 15 is 0 Å². The summed E-state index contributed by atoms with van der Waals surface area (Å²) in [5.74, 6) is -0.198. The lowest BCUT2D eigenvalue weighted by molar-refractivity contribution is -0.120. The molecule has 2 N–H and O–H groups in total. The summed E-state index contributed by atoms with van der Waals surface area (Å²) < 4.78 is 7.04. The second-order valence-corrected chi connectivity index (χ2v) is 7.31. The Morgan fingerprint density at radius 1 is 1.67 bits per heavy atom. The predicted octanol–water partition coefficient (Wildman–Crippen LogP) is 0.897. The molecule has 132 valence electrons. The molecule has 0 saturated carbocycles. The molecule has 9 heteroatoms. The van der Waals surface area contributed by atoms with Crippen LogP contribution in [0.25, 0.3) is 0 Å². The third-order valence-electron chi connectivity index (χ3n) is 4.25. The minimum Gasteiger partial charge on any atom is -0.376 e. The molecule has 1 fully saturated rings. The van der Waals surface area contributed by atoms with Crippen molar-refractivity contribution < 1.29 is 9.53 Å². The standard InChI is InChI=1S/C15H23N5O3S/c1-10(2)15(3,9-16)17-12(21)8-24-14-19-18-13(22)20(14)7-11-5-4-6-23-11/h10-11H,4-8H2,1-3H3,(H,17,21)(H,18,22)/t11-,15-/m1/s1. The molecule has 1 aliphatic heterocycles. The van der Waals surface area contributed by atoms with Gasteiger partial charge in [-0.2, -0.15) is 5.26 Å². The van der Waals surface area contributed by atoms with Crippen molar-refractivity contribution >= 4 is 17.7 Å². The summed E-state index contributed by atoms with van der Waals surface area (Å²) in [5.41, 5.74) is -1.22. The first kappa shape index (κ1) is 18.5. The molecule has 2 atom stereocenters. The Morgan fingerprint density at radius 3 is 3.00 bits per heavy atom. The first-order chi connectivity index (χ1) is 11.4. The summed E-state index contributed by atoms with van der Waals surface area (Å²) >= 11 is 1.17. The molecule has 8 nitrogen and oxygen atoms in total. The third-order valence-corrected chi connectivity index (χ3v) is 5.23. The molecule has 24 heavy (non-hydrogen) atoms. The van der Waals surface area contributed by atoms with Crippen molar-refractivity contribution in [1.82, 2.24) is 20.1 Å². The molecule has 1 aromatic heterocycles. The van der Waals surface area contributed by atoms with Crippen LogP contribution in [0.3, 0.4) is 0 Å². The van der Waals surface area contributed by atoms with E-state index in [0.717, 1.165) is 12.8 Å². The first-order valence-electron chi connectivity index (χ1n) is 7.97. The zero-order valence-electron chi connectivity index (χ0n) is 14.2. The molecule has 1 amide bonds. The van der Waals surface area contributed by atoms with Crippen LogP contribution < -0.4 is 11.0 Å². The minimum absolute atomic E-state index is 0.0105. The van der Waals surface area contributed by atoms with Crippen LogP contribution in [0, 0.1) is 17.2 Å². The number of nitrogens with one attached hydrogen (secondary N) is 2. The Kier molecular flexibility index (Phi) is 6.07. The molecule has 2 rings (SSSR count). The number of hydrogen-bond acceptors (Lipinski definition) is 6. The Morgan fingerprint density at radius 2 is 2.42 bits per heavy atom. The topological polar surface area (TPSA) is 113 Å². The monoisotopic (exact) mass is 353 g/mol. The third kappa shape index (κ3) is 4.39. The van der Waals surface area contributed by atoms with Crippen molar-refractivity contribution in [3.63, 3.8) is 0 Å². The highest BCUT2D eigenvalue weighted by molar-refractivity contribution is 7.99. The van der Waals surface area contributed by atoms with E-state index in [2.05, 4.69) is 21.6 Å². The normalized spacial score (nSPS) is 19.9. The van der Waals surface area contributed by atoms with Gasteiger partial charge in [-0.1, -0.05) is 25.6 Å². The maximum Gasteiger partial charge on any atom is 0.344 e. The number of carbonyl (C=O) groups is 1. The van der Waals surface area contributed by atoms with Crippen LogP contribution in [0.2, 0.25) is 0 Å². The van der Waals surface area contributed by atoms with Crippen LogP contribution in [-0.4, -0.2) is 44.7 Å². The highest BCUT2D eigenvalue weighted by Gasteiger charge is 2.30. The number of hydrogen-bond donors (Lipinski definition) is 2.